The highest BCUT2D eigenvalue weighted by molar-refractivity contribution is 5.76. The molecule has 0 aliphatic carbocycles. The number of H-pyrrole nitrogens is 1. The number of hydrogen-bond acceptors (Lipinski definition) is 2. The zero-order chi connectivity index (χ0) is 14.0. The fourth-order valence-electron chi connectivity index (χ4n) is 2.11. The molecule has 0 aliphatic heterocycles. The quantitative estimate of drug-likeness (QED) is 0.895. The molecule has 0 amide bonds. The molecule has 2 rings (SSSR count). The summed E-state index contributed by atoms with van der Waals surface area (Å²) in [6, 6.07) is 3.52. The molecule has 0 aliphatic rings. The minimum Gasteiger partial charge on any atom is -0.342 e. The van der Waals surface area contributed by atoms with Gasteiger partial charge in [0, 0.05) is 12.5 Å². The van der Waals surface area contributed by atoms with Crippen LogP contribution in [0.25, 0.3) is 11.0 Å². The number of nitrogens with one attached hydrogen (secondary N) is 1. The van der Waals surface area contributed by atoms with E-state index in [2.05, 4.69) is 9.97 Å². The number of alkyl halides is 3. The van der Waals surface area contributed by atoms with E-state index in [-0.39, 0.29) is 5.92 Å². The average molecular weight is 271 g/mol. The maximum atomic E-state index is 12.6. The lowest BCUT2D eigenvalue weighted by Gasteiger charge is -2.09. The Morgan fingerprint density at radius 1 is 1.37 bits per heavy atom. The highest BCUT2D eigenvalue weighted by Gasteiger charge is 2.30. The molecule has 0 saturated carbocycles. The molecule has 1 unspecified atom stereocenters. The van der Waals surface area contributed by atoms with Crippen LogP contribution in [0.3, 0.4) is 0 Å². The van der Waals surface area contributed by atoms with Gasteiger partial charge in [0.05, 0.1) is 16.6 Å². The molecule has 3 N–H and O–H groups in total. The van der Waals surface area contributed by atoms with Crippen molar-refractivity contribution in [2.45, 2.75) is 31.9 Å². The molecule has 3 nitrogen and oxygen atoms in total. The van der Waals surface area contributed by atoms with Crippen LogP contribution in [0, 0.1) is 0 Å². The first-order chi connectivity index (χ1) is 8.95. The number of nitrogens with two attached hydrogens (primary N) is 1. The van der Waals surface area contributed by atoms with Gasteiger partial charge in [0.25, 0.3) is 0 Å². The summed E-state index contributed by atoms with van der Waals surface area (Å²) >= 11 is 0. The number of halogens is 3. The Morgan fingerprint density at radius 3 is 2.68 bits per heavy atom. The highest BCUT2D eigenvalue weighted by Crippen LogP contribution is 2.31. The second-order valence-electron chi connectivity index (χ2n) is 4.57. The largest absolute Gasteiger partial charge is 0.416 e. The van der Waals surface area contributed by atoms with Crippen LogP contribution in [0.1, 0.15) is 37.1 Å². The lowest BCUT2D eigenvalue weighted by Crippen LogP contribution is -2.13. The summed E-state index contributed by atoms with van der Waals surface area (Å²) in [5.41, 5.74) is 5.94. The van der Waals surface area contributed by atoms with Crippen LogP contribution in [0.5, 0.6) is 0 Å². The van der Waals surface area contributed by atoms with Crippen molar-refractivity contribution in [3.05, 3.63) is 29.6 Å². The average Bonchev–Trinajstić information content (AvgIpc) is 2.77. The SMILES string of the molecule is CCCC(CN)c1nc2ccc(C(F)(F)F)cc2[nH]1. The summed E-state index contributed by atoms with van der Waals surface area (Å²) in [6.07, 6.45) is -2.52. The molecule has 104 valence electrons. The van der Waals surface area contributed by atoms with E-state index in [1.54, 1.807) is 0 Å². The van der Waals surface area contributed by atoms with Crippen molar-refractivity contribution in [3.63, 3.8) is 0 Å². The van der Waals surface area contributed by atoms with Crippen LogP contribution in [0.15, 0.2) is 18.2 Å². The van der Waals surface area contributed by atoms with Crippen LogP contribution < -0.4 is 5.73 Å². The minimum atomic E-state index is -4.34. The molecule has 19 heavy (non-hydrogen) atoms. The Hall–Kier alpha value is -1.56. The summed E-state index contributed by atoms with van der Waals surface area (Å²) in [6.45, 7) is 2.47. The van der Waals surface area contributed by atoms with Crippen LogP contribution >= 0.6 is 0 Å². The van der Waals surface area contributed by atoms with E-state index in [1.165, 1.54) is 6.07 Å². The molecule has 6 heteroatoms. The molecule has 1 heterocycles. The van der Waals surface area contributed by atoms with Gasteiger partial charge in [-0.3, -0.25) is 0 Å². The van der Waals surface area contributed by atoms with Gasteiger partial charge in [0.2, 0.25) is 0 Å². The molecule has 2 aromatic rings. The van der Waals surface area contributed by atoms with E-state index in [0.29, 0.717) is 23.4 Å². The predicted molar refractivity (Wildman–Crippen MR) is 67.8 cm³/mol. The standard InChI is InChI=1S/C13H16F3N3/c1-2-3-8(7-17)12-18-10-5-4-9(13(14,15)16)6-11(10)19-12/h4-6,8H,2-3,7,17H2,1H3,(H,18,19). The van der Waals surface area contributed by atoms with Crippen LogP contribution in [-0.2, 0) is 6.18 Å². The topological polar surface area (TPSA) is 54.7 Å². The zero-order valence-electron chi connectivity index (χ0n) is 10.6. The molecule has 1 aromatic carbocycles. The second kappa shape index (κ2) is 5.21. The number of rotatable bonds is 4. The van der Waals surface area contributed by atoms with E-state index in [4.69, 9.17) is 5.73 Å². The van der Waals surface area contributed by atoms with Crippen molar-refractivity contribution in [3.8, 4) is 0 Å². The Kier molecular flexibility index (Phi) is 3.80. The molecular formula is C13H16F3N3. The van der Waals surface area contributed by atoms with Crippen molar-refractivity contribution in [1.82, 2.24) is 9.97 Å². The molecule has 0 bridgehead atoms. The van der Waals surface area contributed by atoms with Crippen LogP contribution in [-0.4, -0.2) is 16.5 Å². The lowest BCUT2D eigenvalue weighted by molar-refractivity contribution is -0.137. The first-order valence-corrected chi connectivity index (χ1v) is 6.22. The normalized spacial score (nSPS) is 13.9. The Bertz CT molecular complexity index is 560. The minimum absolute atomic E-state index is 0.0618. The van der Waals surface area contributed by atoms with Gasteiger partial charge in [0.15, 0.2) is 0 Å². The number of benzene rings is 1. The molecule has 0 saturated heterocycles. The van der Waals surface area contributed by atoms with E-state index in [1.807, 2.05) is 6.92 Å². The molecule has 1 aromatic heterocycles. The molecule has 0 fully saturated rings. The molecule has 1 atom stereocenters. The predicted octanol–water partition coefficient (Wildman–Crippen LogP) is 3.42. The van der Waals surface area contributed by atoms with Crippen molar-refractivity contribution >= 4 is 11.0 Å². The first-order valence-electron chi connectivity index (χ1n) is 6.22. The zero-order valence-corrected chi connectivity index (χ0v) is 10.6. The smallest absolute Gasteiger partial charge is 0.342 e. The Labute approximate surface area is 109 Å². The highest BCUT2D eigenvalue weighted by atomic mass is 19.4. The fraction of sp³-hybridized carbons (Fsp3) is 0.462. The van der Waals surface area contributed by atoms with Gasteiger partial charge in [-0.1, -0.05) is 13.3 Å². The van der Waals surface area contributed by atoms with E-state index in [0.717, 1.165) is 25.0 Å². The Balaban J connectivity index is 2.40. The van der Waals surface area contributed by atoms with E-state index in [9.17, 15) is 13.2 Å². The third-order valence-electron chi connectivity index (χ3n) is 3.14. The van der Waals surface area contributed by atoms with Gasteiger partial charge in [0.1, 0.15) is 5.82 Å². The number of hydrogen-bond donors (Lipinski definition) is 2. The number of aromatic nitrogens is 2. The summed E-state index contributed by atoms with van der Waals surface area (Å²) in [4.78, 5) is 7.28. The van der Waals surface area contributed by atoms with E-state index < -0.39 is 11.7 Å². The lowest BCUT2D eigenvalue weighted by atomic mass is 10.0. The maximum Gasteiger partial charge on any atom is 0.416 e. The third kappa shape index (κ3) is 2.89. The van der Waals surface area contributed by atoms with Gasteiger partial charge in [-0.25, -0.2) is 4.98 Å². The molecule has 0 spiro atoms. The monoisotopic (exact) mass is 271 g/mol. The fourth-order valence-corrected chi connectivity index (χ4v) is 2.11. The number of aromatic amines is 1. The van der Waals surface area contributed by atoms with Crippen LogP contribution in [0.2, 0.25) is 0 Å². The summed E-state index contributed by atoms with van der Waals surface area (Å²) < 4.78 is 37.8. The van der Waals surface area contributed by atoms with Crippen molar-refractivity contribution in [2.75, 3.05) is 6.54 Å². The first kappa shape index (κ1) is 13.9. The summed E-state index contributed by atoms with van der Waals surface area (Å²) in [5.74, 6) is 0.727. The summed E-state index contributed by atoms with van der Waals surface area (Å²) in [5, 5.41) is 0. The molecule has 0 radical (unpaired) electrons. The molecular weight excluding hydrogens is 255 g/mol. The maximum absolute atomic E-state index is 12.6. The number of imidazole rings is 1. The number of nitrogens with zero attached hydrogens (tertiary/aromatic N) is 1. The van der Waals surface area contributed by atoms with Gasteiger partial charge >= 0.3 is 6.18 Å². The van der Waals surface area contributed by atoms with Gasteiger partial charge in [-0.2, -0.15) is 13.2 Å². The Morgan fingerprint density at radius 2 is 2.11 bits per heavy atom. The van der Waals surface area contributed by atoms with Crippen molar-refractivity contribution in [2.24, 2.45) is 5.73 Å². The van der Waals surface area contributed by atoms with Crippen LogP contribution in [0.4, 0.5) is 13.2 Å². The van der Waals surface area contributed by atoms with Gasteiger partial charge < -0.3 is 10.7 Å². The summed E-state index contributed by atoms with van der Waals surface area (Å²) in [7, 11) is 0. The van der Waals surface area contributed by atoms with Gasteiger partial charge in [-0.05, 0) is 24.6 Å². The van der Waals surface area contributed by atoms with Gasteiger partial charge in [-0.15, -0.1) is 0 Å². The second-order valence-corrected chi connectivity index (χ2v) is 4.57. The van der Waals surface area contributed by atoms with E-state index >= 15 is 0 Å². The van der Waals surface area contributed by atoms with Crippen molar-refractivity contribution < 1.29 is 13.2 Å². The third-order valence-corrected chi connectivity index (χ3v) is 3.14. The van der Waals surface area contributed by atoms with Crippen molar-refractivity contribution in [1.29, 1.82) is 0 Å². The number of fused-ring (bicyclic) bond motifs is 1.